The van der Waals surface area contributed by atoms with Crippen molar-refractivity contribution in [2.24, 2.45) is 5.73 Å². The second kappa shape index (κ2) is 4.97. The summed E-state index contributed by atoms with van der Waals surface area (Å²) in [6, 6.07) is 9.92. The number of hydrogen-bond acceptors (Lipinski definition) is 3. The minimum atomic E-state index is -0.288. The van der Waals surface area contributed by atoms with Crippen molar-refractivity contribution in [1.82, 2.24) is 4.98 Å². The summed E-state index contributed by atoms with van der Waals surface area (Å²) in [7, 11) is 0. The largest absolute Gasteiger partial charge is 0.350 e. The third kappa shape index (κ3) is 2.19. The van der Waals surface area contributed by atoms with E-state index in [-0.39, 0.29) is 12.4 Å². The number of aromatic nitrogens is 1. The van der Waals surface area contributed by atoms with Crippen LogP contribution in [0.2, 0.25) is 0 Å². The van der Waals surface area contributed by atoms with Gasteiger partial charge in [0.25, 0.3) is 0 Å². The van der Waals surface area contributed by atoms with E-state index in [1.54, 1.807) is 12.3 Å². The van der Waals surface area contributed by atoms with Crippen LogP contribution < -0.4 is 10.6 Å². The van der Waals surface area contributed by atoms with Gasteiger partial charge in [0, 0.05) is 31.4 Å². The molecule has 0 bridgehead atoms. The van der Waals surface area contributed by atoms with E-state index in [1.807, 2.05) is 17.0 Å². The lowest BCUT2D eigenvalue weighted by Crippen LogP contribution is -2.32. The highest BCUT2D eigenvalue weighted by atomic mass is 19.1. The molecule has 0 aliphatic carbocycles. The van der Waals surface area contributed by atoms with Crippen LogP contribution in [0.3, 0.4) is 0 Å². The molecule has 4 heteroatoms. The van der Waals surface area contributed by atoms with Crippen molar-refractivity contribution < 1.29 is 4.39 Å². The maximum absolute atomic E-state index is 14.2. The number of anilines is 1. The maximum Gasteiger partial charge on any atom is 0.170 e. The Morgan fingerprint density at radius 1 is 1.21 bits per heavy atom. The summed E-state index contributed by atoms with van der Waals surface area (Å²) in [4.78, 5) is 6.16. The van der Waals surface area contributed by atoms with Crippen LogP contribution in [0.15, 0.2) is 36.5 Å². The summed E-state index contributed by atoms with van der Waals surface area (Å²) in [6.45, 7) is 1.69. The summed E-state index contributed by atoms with van der Waals surface area (Å²) in [5.74, 6) is 0.127. The molecule has 0 unspecified atom stereocenters. The fraction of sp³-hybridized carbons (Fsp3) is 0.267. The molecule has 3 nitrogen and oxygen atoms in total. The molecule has 1 aromatic heterocycles. The first kappa shape index (κ1) is 12.1. The van der Waals surface area contributed by atoms with Gasteiger partial charge in [0.15, 0.2) is 11.6 Å². The van der Waals surface area contributed by atoms with Gasteiger partial charge in [0.1, 0.15) is 0 Å². The zero-order valence-electron chi connectivity index (χ0n) is 10.6. The fourth-order valence-electron chi connectivity index (χ4n) is 2.53. The summed E-state index contributed by atoms with van der Waals surface area (Å²) in [5.41, 5.74) is 8.64. The average Bonchev–Trinajstić information content (AvgIpc) is 2.47. The Hall–Kier alpha value is -1.94. The van der Waals surface area contributed by atoms with Crippen LogP contribution in [-0.2, 0) is 19.5 Å². The smallest absolute Gasteiger partial charge is 0.170 e. The van der Waals surface area contributed by atoms with Gasteiger partial charge < -0.3 is 10.6 Å². The number of pyridine rings is 1. The molecule has 0 spiro atoms. The second-order valence-electron chi connectivity index (χ2n) is 4.75. The molecule has 0 saturated carbocycles. The molecule has 2 heterocycles. The third-order valence-corrected chi connectivity index (χ3v) is 3.60. The van der Waals surface area contributed by atoms with Crippen LogP contribution >= 0.6 is 0 Å². The van der Waals surface area contributed by atoms with Crippen LogP contribution in [0.25, 0.3) is 0 Å². The number of nitrogens with two attached hydrogens (primary N) is 1. The number of rotatable bonds is 2. The molecule has 0 amide bonds. The quantitative estimate of drug-likeness (QED) is 0.897. The number of hydrogen-bond donors (Lipinski definition) is 1. The molecule has 0 radical (unpaired) electrons. The van der Waals surface area contributed by atoms with Gasteiger partial charge in [-0.05, 0) is 23.6 Å². The van der Waals surface area contributed by atoms with Crippen molar-refractivity contribution in [2.45, 2.75) is 19.5 Å². The van der Waals surface area contributed by atoms with Crippen molar-refractivity contribution in [3.05, 3.63) is 59.0 Å². The van der Waals surface area contributed by atoms with Crippen molar-refractivity contribution in [1.29, 1.82) is 0 Å². The molecule has 2 N–H and O–H groups in total. The molecular formula is C15H16FN3. The highest BCUT2D eigenvalue weighted by Gasteiger charge is 2.20. The highest BCUT2D eigenvalue weighted by molar-refractivity contribution is 5.47. The van der Waals surface area contributed by atoms with E-state index in [1.165, 1.54) is 11.1 Å². The molecule has 3 rings (SSSR count). The van der Waals surface area contributed by atoms with Crippen molar-refractivity contribution in [3.63, 3.8) is 0 Å². The van der Waals surface area contributed by atoms with Gasteiger partial charge in [0.05, 0.1) is 0 Å². The van der Waals surface area contributed by atoms with E-state index in [9.17, 15) is 4.39 Å². The van der Waals surface area contributed by atoms with Crippen LogP contribution in [0.1, 0.15) is 16.7 Å². The normalized spacial score (nSPS) is 14.3. The van der Waals surface area contributed by atoms with Gasteiger partial charge in [0.2, 0.25) is 0 Å². The number of benzene rings is 1. The van der Waals surface area contributed by atoms with Gasteiger partial charge >= 0.3 is 0 Å². The monoisotopic (exact) mass is 257 g/mol. The molecule has 1 aromatic carbocycles. The first-order chi connectivity index (χ1) is 9.29. The summed E-state index contributed by atoms with van der Waals surface area (Å²) in [5, 5.41) is 0. The lowest BCUT2D eigenvalue weighted by atomic mass is 10.00. The molecule has 2 aromatic rings. The second-order valence-corrected chi connectivity index (χ2v) is 4.75. The summed E-state index contributed by atoms with van der Waals surface area (Å²) >= 11 is 0. The highest BCUT2D eigenvalue weighted by Crippen LogP contribution is 2.26. The Bertz CT molecular complexity index is 598. The molecule has 19 heavy (non-hydrogen) atoms. The third-order valence-electron chi connectivity index (χ3n) is 3.60. The number of fused-ring (bicyclic) bond motifs is 1. The zero-order chi connectivity index (χ0) is 13.2. The lowest BCUT2D eigenvalue weighted by Gasteiger charge is -2.30. The maximum atomic E-state index is 14.2. The van der Waals surface area contributed by atoms with Gasteiger partial charge in [-0.25, -0.2) is 9.37 Å². The van der Waals surface area contributed by atoms with Crippen molar-refractivity contribution in [3.8, 4) is 0 Å². The Kier molecular flexibility index (Phi) is 3.17. The first-order valence-electron chi connectivity index (χ1n) is 6.45. The molecule has 0 fully saturated rings. The zero-order valence-corrected chi connectivity index (χ0v) is 10.6. The minimum Gasteiger partial charge on any atom is -0.350 e. The molecule has 0 saturated heterocycles. The van der Waals surface area contributed by atoms with E-state index < -0.39 is 0 Å². The van der Waals surface area contributed by atoms with Crippen molar-refractivity contribution >= 4 is 5.82 Å². The summed E-state index contributed by atoms with van der Waals surface area (Å²) < 4.78 is 14.2. The molecule has 98 valence electrons. The Labute approximate surface area is 111 Å². The molecule has 1 aliphatic heterocycles. The minimum absolute atomic E-state index is 0.200. The van der Waals surface area contributed by atoms with Crippen LogP contribution in [-0.4, -0.2) is 11.5 Å². The Morgan fingerprint density at radius 3 is 2.79 bits per heavy atom. The van der Waals surface area contributed by atoms with E-state index in [0.717, 1.165) is 13.0 Å². The van der Waals surface area contributed by atoms with E-state index >= 15 is 0 Å². The van der Waals surface area contributed by atoms with E-state index in [4.69, 9.17) is 5.73 Å². The van der Waals surface area contributed by atoms with Crippen LogP contribution in [0.4, 0.5) is 10.2 Å². The van der Waals surface area contributed by atoms with Crippen LogP contribution in [0, 0.1) is 5.82 Å². The Balaban J connectivity index is 1.93. The topological polar surface area (TPSA) is 42.1 Å². The SMILES string of the molecule is NCc1ccnc(N2CCc3ccccc3C2)c1F. The van der Waals surface area contributed by atoms with Crippen LogP contribution in [0.5, 0.6) is 0 Å². The number of nitrogens with zero attached hydrogens (tertiary/aromatic N) is 2. The van der Waals surface area contributed by atoms with E-state index in [2.05, 4.69) is 17.1 Å². The Morgan fingerprint density at radius 2 is 2.00 bits per heavy atom. The average molecular weight is 257 g/mol. The first-order valence-corrected chi connectivity index (χ1v) is 6.45. The number of halogens is 1. The molecule has 0 atom stereocenters. The van der Waals surface area contributed by atoms with Gasteiger partial charge in [-0.1, -0.05) is 24.3 Å². The lowest BCUT2D eigenvalue weighted by molar-refractivity contribution is 0.587. The van der Waals surface area contributed by atoms with Gasteiger partial charge in [-0.15, -0.1) is 0 Å². The van der Waals surface area contributed by atoms with Gasteiger partial charge in [-0.3, -0.25) is 0 Å². The molecule has 1 aliphatic rings. The predicted octanol–water partition coefficient (Wildman–Crippen LogP) is 2.24. The van der Waals surface area contributed by atoms with Gasteiger partial charge in [-0.2, -0.15) is 0 Å². The fourth-order valence-corrected chi connectivity index (χ4v) is 2.53. The molecular weight excluding hydrogens is 241 g/mol. The summed E-state index contributed by atoms with van der Waals surface area (Å²) in [6.07, 6.45) is 2.55. The van der Waals surface area contributed by atoms with E-state index in [0.29, 0.717) is 17.9 Å². The van der Waals surface area contributed by atoms with Crippen molar-refractivity contribution in [2.75, 3.05) is 11.4 Å². The predicted molar refractivity (Wildman–Crippen MR) is 73.3 cm³/mol. The standard InChI is InChI=1S/C15H16FN3/c16-14-12(9-17)5-7-18-15(14)19-8-6-11-3-1-2-4-13(11)10-19/h1-5,7H,6,8-10,17H2.